The summed E-state index contributed by atoms with van der Waals surface area (Å²) in [6.07, 6.45) is 3.33. The first-order valence-electron chi connectivity index (χ1n) is 7.81. The van der Waals surface area contributed by atoms with Gasteiger partial charge >= 0.3 is 0 Å². The van der Waals surface area contributed by atoms with E-state index in [2.05, 4.69) is 28.5 Å². The number of nitrogens with zero attached hydrogens (tertiary/aromatic N) is 1. The average Bonchev–Trinajstić information content (AvgIpc) is 2.95. The molecule has 0 fully saturated rings. The second-order valence-corrected chi connectivity index (χ2v) is 6.42. The van der Waals surface area contributed by atoms with Crippen LogP contribution in [0.25, 0.3) is 10.9 Å². The molecule has 3 aromatic rings. The summed E-state index contributed by atoms with van der Waals surface area (Å²) in [5, 5.41) is 14.5. The number of hydrogen-bond donors (Lipinski definition) is 2. The number of anilines is 1. The van der Waals surface area contributed by atoms with Gasteiger partial charge in [0.05, 0.1) is 17.7 Å². The molecule has 0 aliphatic heterocycles. The van der Waals surface area contributed by atoms with Gasteiger partial charge in [-0.25, -0.2) is 0 Å². The fourth-order valence-electron chi connectivity index (χ4n) is 3.42. The zero-order valence-electron chi connectivity index (χ0n) is 12.6. The summed E-state index contributed by atoms with van der Waals surface area (Å²) in [7, 11) is 0. The Kier molecular flexibility index (Phi) is 3.48. The Hall–Kier alpha value is -2.44. The molecule has 4 rings (SSSR count). The smallest absolute Gasteiger partial charge is 0.0991 e. The van der Waals surface area contributed by atoms with Gasteiger partial charge in [-0.05, 0) is 67.3 Å². The van der Waals surface area contributed by atoms with Crippen LogP contribution in [0.4, 0.5) is 5.69 Å². The molecule has 0 bridgehead atoms. The van der Waals surface area contributed by atoms with Crippen molar-refractivity contribution in [2.45, 2.75) is 25.3 Å². The van der Waals surface area contributed by atoms with E-state index in [1.807, 2.05) is 30.3 Å². The maximum absolute atomic E-state index is 8.90. The number of aryl methyl sites for hydroxylation is 1. The molecule has 2 aromatic carbocycles. The standard InChI is InChI=1S/C19H16ClN3/c20-13-6-9-17-16(10-13)15-2-1-3-18(19(15)23-17)22-14-7-4-12(11-21)5-8-14/h4-10,18,22-23H,1-3H2/t18-/m0/s1. The first-order valence-corrected chi connectivity index (χ1v) is 8.19. The molecule has 0 saturated carbocycles. The Morgan fingerprint density at radius 3 is 2.78 bits per heavy atom. The minimum absolute atomic E-state index is 0.262. The fraction of sp³-hybridized carbons (Fsp3) is 0.211. The molecule has 0 spiro atoms. The van der Waals surface area contributed by atoms with E-state index >= 15 is 0 Å². The van der Waals surface area contributed by atoms with Crippen molar-refractivity contribution < 1.29 is 0 Å². The summed E-state index contributed by atoms with van der Waals surface area (Å²) in [5.41, 5.74) is 5.50. The van der Waals surface area contributed by atoms with Gasteiger partial charge in [0.1, 0.15) is 0 Å². The topological polar surface area (TPSA) is 51.6 Å². The van der Waals surface area contributed by atoms with Crippen molar-refractivity contribution in [1.29, 1.82) is 5.26 Å². The molecule has 1 aliphatic carbocycles. The number of rotatable bonds is 2. The van der Waals surface area contributed by atoms with Crippen LogP contribution >= 0.6 is 11.6 Å². The van der Waals surface area contributed by atoms with Crippen molar-refractivity contribution in [3.63, 3.8) is 0 Å². The van der Waals surface area contributed by atoms with Crippen LogP contribution in [0, 0.1) is 11.3 Å². The van der Waals surface area contributed by atoms with Crippen LogP contribution in [-0.4, -0.2) is 4.98 Å². The van der Waals surface area contributed by atoms with Crippen LogP contribution in [0.5, 0.6) is 0 Å². The predicted molar refractivity (Wildman–Crippen MR) is 93.8 cm³/mol. The summed E-state index contributed by atoms with van der Waals surface area (Å²) in [6, 6.07) is 16.1. The number of nitriles is 1. The molecule has 1 atom stereocenters. The van der Waals surface area contributed by atoms with Crippen LogP contribution in [-0.2, 0) is 6.42 Å². The maximum atomic E-state index is 8.90. The lowest BCUT2D eigenvalue weighted by molar-refractivity contribution is 0.593. The molecule has 0 saturated heterocycles. The Bertz CT molecular complexity index is 903. The fourth-order valence-corrected chi connectivity index (χ4v) is 3.59. The third kappa shape index (κ3) is 2.56. The molecule has 114 valence electrons. The number of H-pyrrole nitrogens is 1. The van der Waals surface area contributed by atoms with Gasteiger partial charge in [-0.3, -0.25) is 0 Å². The van der Waals surface area contributed by atoms with Crippen LogP contribution in [0.3, 0.4) is 0 Å². The summed E-state index contributed by atoms with van der Waals surface area (Å²) < 4.78 is 0. The average molecular weight is 322 g/mol. The molecular weight excluding hydrogens is 306 g/mol. The van der Waals surface area contributed by atoms with Gasteiger partial charge < -0.3 is 10.3 Å². The van der Waals surface area contributed by atoms with Gasteiger partial charge in [0, 0.05) is 27.3 Å². The Labute approximate surface area is 139 Å². The molecule has 1 aliphatic rings. The summed E-state index contributed by atoms with van der Waals surface area (Å²) in [6.45, 7) is 0. The number of aromatic nitrogens is 1. The van der Waals surface area contributed by atoms with E-state index in [0.29, 0.717) is 5.56 Å². The SMILES string of the molecule is N#Cc1ccc(N[C@H]2CCCc3c2[nH]c2ccc(Cl)cc32)cc1. The van der Waals surface area contributed by atoms with Crippen molar-refractivity contribution in [2.24, 2.45) is 0 Å². The third-order valence-corrected chi connectivity index (χ3v) is 4.76. The number of nitrogens with one attached hydrogen (secondary N) is 2. The zero-order chi connectivity index (χ0) is 15.8. The molecule has 0 radical (unpaired) electrons. The number of hydrogen-bond acceptors (Lipinski definition) is 2. The lowest BCUT2D eigenvalue weighted by Crippen LogP contribution is -2.17. The maximum Gasteiger partial charge on any atom is 0.0991 e. The minimum Gasteiger partial charge on any atom is -0.377 e. The van der Waals surface area contributed by atoms with E-state index in [4.69, 9.17) is 16.9 Å². The van der Waals surface area contributed by atoms with E-state index in [0.717, 1.165) is 35.5 Å². The first-order chi connectivity index (χ1) is 11.2. The van der Waals surface area contributed by atoms with Crippen molar-refractivity contribution in [1.82, 2.24) is 4.98 Å². The second kappa shape index (κ2) is 5.64. The highest BCUT2D eigenvalue weighted by Gasteiger charge is 2.24. The summed E-state index contributed by atoms with van der Waals surface area (Å²) in [5.74, 6) is 0. The summed E-state index contributed by atoms with van der Waals surface area (Å²) >= 11 is 6.16. The molecule has 0 unspecified atom stereocenters. The Balaban J connectivity index is 1.69. The van der Waals surface area contributed by atoms with E-state index in [-0.39, 0.29) is 6.04 Å². The molecule has 4 heteroatoms. The lowest BCUT2D eigenvalue weighted by atomic mass is 9.91. The van der Waals surface area contributed by atoms with E-state index in [1.54, 1.807) is 0 Å². The van der Waals surface area contributed by atoms with Crippen LogP contribution < -0.4 is 5.32 Å². The molecular formula is C19H16ClN3. The van der Waals surface area contributed by atoms with E-state index < -0.39 is 0 Å². The predicted octanol–water partition coefficient (Wildman–Crippen LogP) is 5.18. The van der Waals surface area contributed by atoms with Gasteiger partial charge in [-0.15, -0.1) is 0 Å². The molecule has 2 N–H and O–H groups in total. The highest BCUT2D eigenvalue weighted by atomic mass is 35.5. The van der Waals surface area contributed by atoms with Crippen LogP contribution in [0.2, 0.25) is 5.02 Å². The molecule has 1 heterocycles. The van der Waals surface area contributed by atoms with Gasteiger partial charge in [-0.2, -0.15) is 5.26 Å². The second-order valence-electron chi connectivity index (χ2n) is 5.99. The van der Waals surface area contributed by atoms with Gasteiger partial charge in [0.15, 0.2) is 0 Å². The van der Waals surface area contributed by atoms with Gasteiger partial charge in [0.2, 0.25) is 0 Å². The number of fused-ring (bicyclic) bond motifs is 3. The molecule has 23 heavy (non-hydrogen) atoms. The number of benzene rings is 2. The van der Waals surface area contributed by atoms with Crippen molar-refractivity contribution >= 4 is 28.2 Å². The Morgan fingerprint density at radius 2 is 2.00 bits per heavy atom. The Morgan fingerprint density at radius 1 is 1.17 bits per heavy atom. The normalized spacial score (nSPS) is 16.8. The van der Waals surface area contributed by atoms with E-state index in [1.165, 1.54) is 16.6 Å². The first kappa shape index (κ1) is 14.2. The zero-order valence-corrected chi connectivity index (χ0v) is 13.3. The quantitative estimate of drug-likeness (QED) is 0.683. The van der Waals surface area contributed by atoms with E-state index in [9.17, 15) is 0 Å². The molecule has 0 amide bonds. The van der Waals surface area contributed by atoms with Crippen LogP contribution in [0.1, 0.15) is 35.7 Å². The van der Waals surface area contributed by atoms with Gasteiger partial charge in [-0.1, -0.05) is 11.6 Å². The highest BCUT2D eigenvalue weighted by molar-refractivity contribution is 6.31. The number of halogens is 1. The molecule has 3 nitrogen and oxygen atoms in total. The number of aromatic amines is 1. The lowest BCUT2D eigenvalue weighted by Gasteiger charge is -2.24. The van der Waals surface area contributed by atoms with Gasteiger partial charge in [0.25, 0.3) is 0 Å². The van der Waals surface area contributed by atoms with Crippen molar-refractivity contribution in [2.75, 3.05) is 5.32 Å². The summed E-state index contributed by atoms with van der Waals surface area (Å²) in [4.78, 5) is 3.56. The van der Waals surface area contributed by atoms with Crippen molar-refractivity contribution in [3.05, 3.63) is 64.3 Å². The minimum atomic E-state index is 0.262. The highest BCUT2D eigenvalue weighted by Crippen LogP contribution is 2.37. The largest absolute Gasteiger partial charge is 0.377 e. The van der Waals surface area contributed by atoms with Crippen LogP contribution in [0.15, 0.2) is 42.5 Å². The third-order valence-electron chi connectivity index (χ3n) is 4.52. The molecule has 1 aromatic heterocycles. The van der Waals surface area contributed by atoms with Crippen molar-refractivity contribution in [3.8, 4) is 6.07 Å². The monoisotopic (exact) mass is 321 g/mol.